The van der Waals surface area contributed by atoms with Crippen LogP contribution in [0.3, 0.4) is 0 Å². The fourth-order valence-corrected chi connectivity index (χ4v) is 1.84. The van der Waals surface area contributed by atoms with Gasteiger partial charge >= 0.3 is 6.09 Å². The van der Waals surface area contributed by atoms with Gasteiger partial charge in [0, 0.05) is 18.7 Å². The molecule has 0 aliphatic heterocycles. The number of rotatable bonds is 4. The van der Waals surface area contributed by atoms with Gasteiger partial charge in [-0.25, -0.2) is 13.6 Å². The number of hydrogen-bond donors (Lipinski definition) is 0. The minimum atomic E-state index is -1.24. The third-order valence-electron chi connectivity index (χ3n) is 2.79. The maximum Gasteiger partial charge on any atom is 0.410 e. The Hall–Kier alpha value is -2.18. The normalized spacial score (nSPS) is 12.5. The lowest BCUT2D eigenvalue weighted by Gasteiger charge is -2.28. The highest BCUT2D eigenvalue weighted by Crippen LogP contribution is 2.31. The highest BCUT2D eigenvalue weighted by molar-refractivity contribution is 5.75. The van der Waals surface area contributed by atoms with E-state index in [1.54, 1.807) is 20.8 Å². The average molecular weight is 315 g/mol. The first kappa shape index (κ1) is 17.9. The molecule has 0 spiro atoms. The summed E-state index contributed by atoms with van der Waals surface area (Å²) in [7, 11) is 2.49. The van der Waals surface area contributed by atoms with E-state index in [-0.39, 0.29) is 11.3 Å². The zero-order valence-electron chi connectivity index (χ0n) is 13.1. The van der Waals surface area contributed by atoms with E-state index in [0.29, 0.717) is 12.4 Å². The number of ether oxygens (including phenoxy) is 2. The first-order valence-corrected chi connectivity index (χ1v) is 6.54. The van der Waals surface area contributed by atoms with E-state index in [2.05, 4.69) is 0 Å². The molecule has 1 rings (SSSR count). The molecule has 5 nitrogen and oxygen atoms in total. The molecule has 0 radical (unpaired) electrons. The maximum atomic E-state index is 13.7. The van der Waals surface area contributed by atoms with Crippen LogP contribution in [0, 0.1) is 11.6 Å². The topological polar surface area (TPSA) is 55.8 Å². The van der Waals surface area contributed by atoms with E-state index in [4.69, 9.17) is 9.47 Å². The van der Waals surface area contributed by atoms with Gasteiger partial charge in [0.15, 0.2) is 11.6 Å². The summed E-state index contributed by atoms with van der Waals surface area (Å²) in [5.74, 6) is -2.13. The Labute approximate surface area is 127 Å². The Morgan fingerprint density at radius 2 is 1.91 bits per heavy atom. The predicted octanol–water partition coefficient (Wildman–Crippen LogP) is 3.08. The van der Waals surface area contributed by atoms with Crippen molar-refractivity contribution in [1.82, 2.24) is 4.90 Å². The summed E-state index contributed by atoms with van der Waals surface area (Å²) in [4.78, 5) is 24.3. The van der Waals surface area contributed by atoms with Gasteiger partial charge in [0.05, 0.1) is 7.11 Å². The first-order chi connectivity index (χ1) is 10.1. The van der Waals surface area contributed by atoms with E-state index in [1.807, 2.05) is 0 Å². The second-order valence-electron chi connectivity index (χ2n) is 5.68. The molecule has 0 saturated heterocycles. The van der Waals surface area contributed by atoms with Crippen molar-refractivity contribution in [1.29, 1.82) is 0 Å². The second-order valence-corrected chi connectivity index (χ2v) is 5.68. The molecule has 1 atom stereocenters. The number of nitrogens with zero attached hydrogens (tertiary/aromatic N) is 1. The molecular weight excluding hydrogens is 296 g/mol. The number of carbonyl (C=O) groups is 2. The van der Waals surface area contributed by atoms with E-state index < -0.39 is 29.4 Å². The Bertz CT molecular complexity index is 569. The highest BCUT2D eigenvalue weighted by Gasteiger charge is 2.29. The predicted molar refractivity (Wildman–Crippen MR) is 75.7 cm³/mol. The van der Waals surface area contributed by atoms with Crippen LogP contribution in [0.5, 0.6) is 5.75 Å². The Balaban J connectivity index is 3.21. The molecule has 0 fully saturated rings. The number of amides is 1. The second kappa shape index (κ2) is 6.72. The van der Waals surface area contributed by atoms with Crippen LogP contribution in [0.4, 0.5) is 13.6 Å². The van der Waals surface area contributed by atoms with Gasteiger partial charge in [-0.2, -0.15) is 0 Å². The Morgan fingerprint density at radius 1 is 1.32 bits per heavy atom. The van der Waals surface area contributed by atoms with Crippen molar-refractivity contribution in [3.63, 3.8) is 0 Å². The summed E-state index contributed by atoms with van der Waals surface area (Å²) in [5, 5.41) is 0. The monoisotopic (exact) mass is 315 g/mol. The van der Waals surface area contributed by atoms with Crippen molar-refractivity contribution >= 4 is 12.4 Å². The van der Waals surface area contributed by atoms with Crippen molar-refractivity contribution in [3.05, 3.63) is 29.3 Å². The largest absolute Gasteiger partial charge is 0.493 e. The van der Waals surface area contributed by atoms with Crippen LogP contribution in [0.15, 0.2) is 12.1 Å². The molecule has 7 heteroatoms. The molecule has 1 amide bonds. The van der Waals surface area contributed by atoms with Gasteiger partial charge in [-0.05, 0) is 26.8 Å². The molecule has 22 heavy (non-hydrogen) atoms. The number of methoxy groups -OCH3 is 1. The minimum absolute atomic E-state index is 0.0941. The zero-order valence-corrected chi connectivity index (χ0v) is 13.1. The van der Waals surface area contributed by atoms with Crippen LogP contribution in [0.1, 0.15) is 32.4 Å². The molecule has 0 heterocycles. The lowest BCUT2D eigenvalue weighted by Crippen LogP contribution is -2.37. The van der Waals surface area contributed by atoms with Crippen LogP contribution in [0.2, 0.25) is 0 Å². The van der Waals surface area contributed by atoms with Crippen LogP contribution >= 0.6 is 0 Å². The van der Waals surface area contributed by atoms with Gasteiger partial charge < -0.3 is 14.3 Å². The van der Waals surface area contributed by atoms with E-state index >= 15 is 0 Å². The van der Waals surface area contributed by atoms with Crippen LogP contribution < -0.4 is 4.74 Å². The van der Waals surface area contributed by atoms with Gasteiger partial charge in [-0.3, -0.25) is 4.90 Å². The van der Waals surface area contributed by atoms with E-state index in [0.717, 1.165) is 11.0 Å². The minimum Gasteiger partial charge on any atom is -0.493 e. The maximum absolute atomic E-state index is 13.7. The lowest BCUT2D eigenvalue weighted by atomic mass is 10.1. The number of likely N-dealkylation sites (N-methyl/N-ethyl adjacent to an activating group) is 1. The average Bonchev–Trinajstić information content (AvgIpc) is 2.37. The first-order valence-electron chi connectivity index (χ1n) is 6.54. The van der Waals surface area contributed by atoms with Crippen LogP contribution in [-0.2, 0) is 9.53 Å². The number of halogens is 2. The third-order valence-corrected chi connectivity index (χ3v) is 2.79. The Morgan fingerprint density at radius 3 is 2.36 bits per heavy atom. The molecule has 1 aromatic rings. The molecule has 1 unspecified atom stereocenters. The standard InChI is InChI=1S/C15H19F2NO4/c1-15(2,3)22-14(20)18(4)12(8-19)10-6-9(16)7-11(17)13(10)21-5/h6-8,12H,1-5H3. The smallest absolute Gasteiger partial charge is 0.410 e. The van der Waals surface area contributed by atoms with Gasteiger partial charge in [0.25, 0.3) is 0 Å². The number of aldehydes is 1. The zero-order chi connectivity index (χ0) is 17.1. The van der Waals surface area contributed by atoms with Crippen LogP contribution in [-0.4, -0.2) is 37.0 Å². The van der Waals surface area contributed by atoms with Crippen LogP contribution in [0.25, 0.3) is 0 Å². The Kier molecular flexibility index (Phi) is 5.46. The SMILES string of the molecule is COc1c(F)cc(F)cc1C(C=O)N(C)C(=O)OC(C)(C)C. The van der Waals surface area contributed by atoms with Crippen molar-refractivity contribution < 1.29 is 27.8 Å². The highest BCUT2D eigenvalue weighted by atomic mass is 19.1. The summed E-state index contributed by atoms with van der Waals surface area (Å²) >= 11 is 0. The molecule has 0 aromatic heterocycles. The van der Waals surface area contributed by atoms with Crippen molar-refractivity contribution in [2.75, 3.05) is 14.2 Å². The fourth-order valence-electron chi connectivity index (χ4n) is 1.84. The van der Waals surface area contributed by atoms with Crippen molar-refractivity contribution in [3.8, 4) is 5.75 Å². The summed E-state index contributed by atoms with van der Waals surface area (Å²) in [5.41, 5.74) is -0.862. The molecule has 1 aromatic carbocycles. The lowest BCUT2D eigenvalue weighted by molar-refractivity contribution is -0.112. The summed E-state index contributed by atoms with van der Waals surface area (Å²) < 4.78 is 37.2. The summed E-state index contributed by atoms with van der Waals surface area (Å²) in [6.07, 6.45) is -0.406. The van der Waals surface area contributed by atoms with E-state index in [9.17, 15) is 18.4 Å². The van der Waals surface area contributed by atoms with Gasteiger partial charge in [-0.1, -0.05) is 0 Å². The van der Waals surface area contributed by atoms with E-state index in [1.165, 1.54) is 14.2 Å². The van der Waals surface area contributed by atoms with Gasteiger partial charge in [0.2, 0.25) is 0 Å². The fraction of sp³-hybridized carbons (Fsp3) is 0.467. The van der Waals surface area contributed by atoms with Crippen molar-refractivity contribution in [2.45, 2.75) is 32.4 Å². The number of carbonyl (C=O) groups excluding carboxylic acids is 2. The molecule has 0 saturated carbocycles. The molecular formula is C15H19F2NO4. The van der Waals surface area contributed by atoms with Crippen molar-refractivity contribution in [2.24, 2.45) is 0 Å². The number of hydrogen-bond acceptors (Lipinski definition) is 4. The molecule has 0 aliphatic rings. The number of benzene rings is 1. The summed E-state index contributed by atoms with van der Waals surface area (Å²) in [6, 6.07) is 0.342. The van der Waals surface area contributed by atoms with Gasteiger partial charge in [-0.15, -0.1) is 0 Å². The molecule has 0 N–H and O–H groups in total. The third kappa shape index (κ3) is 4.16. The molecule has 0 bridgehead atoms. The van der Waals surface area contributed by atoms with Gasteiger partial charge in [0.1, 0.15) is 23.7 Å². The summed E-state index contributed by atoms with van der Waals surface area (Å²) in [6.45, 7) is 4.99. The molecule has 122 valence electrons. The quantitative estimate of drug-likeness (QED) is 0.801. The molecule has 0 aliphatic carbocycles.